The fourth-order valence-electron chi connectivity index (χ4n) is 1.59. The molecule has 0 saturated carbocycles. The number of aromatic amines is 1. The lowest BCUT2D eigenvalue weighted by Crippen LogP contribution is -2.23. The van der Waals surface area contributed by atoms with Crippen molar-refractivity contribution >= 4 is 22.1 Å². The minimum atomic E-state index is -3.69. The molecule has 110 valence electrons. The van der Waals surface area contributed by atoms with Crippen LogP contribution in [0.15, 0.2) is 47.6 Å². The molecule has 0 saturated heterocycles. The number of carbonyl (C=O) groups is 1. The third-order valence-electron chi connectivity index (χ3n) is 2.57. The molecule has 1 aromatic heterocycles. The van der Waals surface area contributed by atoms with E-state index < -0.39 is 16.0 Å². The largest absolute Gasteiger partial charge is 0.478 e. The first kappa shape index (κ1) is 14.9. The van der Waals surface area contributed by atoms with Crippen molar-refractivity contribution in [2.24, 2.45) is 0 Å². The Kier molecular flexibility index (Phi) is 4.51. The first-order valence-electron chi connectivity index (χ1n) is 5.96. The predicted octanol–water partition coefficient (Wildman–Crippen LogP) is 0.986. The van der Waals surface area contributed by atoms with Gasteiger partial charge in [0.15, 0.2) is 0 Å². The minimum absolute atomic E-state index is 0.0462. The molecule has 21 heavy (non-hydrogen) atoms. The van der Waals surface area contributed by atoms with Gasteiger partial charge in [-0.15, -0.1) is 0 Å². The van der Waals surface area contributed by atoms with Gasteiger partial charge in [-0.05, 0) is 23.8 Å². The third-order valence-corrected chi connectivity index (χ3v) is 3.97. The summed E-state index contributed by atoms with van der Waals surface area (Å²) in [5.74, 6) is -0.597. The quantitative estimate of drug-likeness (QED) is 0.689. The van der Waals surface area contributed by atoms with E-state index in [9.17, 15) is 13.2 Å². The van der Waals surface area contributed by atoms with Crippen LogP contribution < -0.4 is 4.72 Å². The summed E-state index contributed by atoms with van der Waals surface area (Å²) in [6.45, 7) is 0.0462. The molecule has 7 nitrogen and oxygen atoms in total. The highest BCUT2D eigenvalue weighted by molar-refractivity contribution is 7.89. The smallest absolute Gasteiger partial charge is 0.328 e. The first-order valence-corrected chi connectivity index (χ1v) is 7.45. The van der Waals surface area contributed by atoms with Crippen molar-refractivity contribution in [2.75, 3.05) is 0 Å². The van der Waals surface area contributed by atoms with Crippen molar-refractivity contribution in [3.05, 3.63) is 54.1 Å². The second-order valence-corrected chi connectivity index (χ2v) is 5.87. The molecule has 0 unspecified atom stereocenters. The minimum Gasteiger partial charge on any atom is -0.478 e. The number of H-pyrrole nitrogens is 1. The summed E-state index contributed by atoms with van der Waals surface area (Å²) in [5, 5.41) is 8.57. The molecule has 2 rings (SSSR count). The van der Waals surface area contributed by atoms with E-state index in [2.05, 4.69) is 14.7 Å². The zero-order valence-corrected chi connectivity index (χ0v) is 11.7. The lowest BCUT2D eigenvalue weighted by Gasteiger charge is -2.06. The molecule has 0 bridgehead atoms. The van der Waals surface area contributed by atoms with Crippen LogP contribution in [-0.2, 0) is 21.4 Å². The molecule has 0 spiro atoms. The number of nitrogens with one attached hydrogen (secondary N) is 2. The second kappa shape index (κ2) is 6.33. The van der Waals surface area contributed by atoms with Gasteiger partial charge in [-0.2, -0.15) is 0 Å². The number of hydrogen-bond donors (Lipinski definition) is 3. The van der Waals surface area contributed by atoms with Crippen LogP contribution in [0, 0.1) is 0 Å². The monoisotopic (exact) mass is 307 g/mol. The van der Waals surface area contributed by atoms with Crippen molar-refractivity contribution in [3.8, 4) is 0 Å². The molecule has 0 atom stereocenters. The van der Waals surface area contributed by atoms with Crippen LogP contribution in [0.1, 0.15) is 11.4 Å². The first-order chi connectivity index (χ1) is 9.97. The Hall–Kier alpha value is -2.45. The number of nitrogens with zero attached hydrogens (tertiary/aromatic N) is 1. The third kappa shape index (κ3) is 4.26. The van der Waals surface area contributed by atoms with Gasteiger partial charge in [-0.25, -0.2) is 22.9 Å². The van der Waals surface area contributed by atoms with E-state index in [1.807, 2.05) is 0 Å². The highest BCUT2D eigenvalue weighted by atomic mass is 32.2. The molecule has 0 aliphatic heterocycles. The SMILES string of the molecule is O=C(O)C=Cc1cccc(S(=O)(=O)NCc2ncc[nH]2)c1. The highest BCUT2D eigenvalue weighted by Gasteiger charge is 2.14. The average Bonchev–Trinajstić information content (AvgIpc) is 2.97. The Balaban J connectivity index is 2.16. The van der Waals surface area contributed by atoms with E-state index >= 15 is 0 Å². The molecule has 2 aromatic rings. The standard InChI is InChI=1S/C13H13N3O4S/c17-13(18)5-4-10-2-1-3-11(8-10)21(19,20)16-9-12-14-6-7-15-12/h1-8,16H,9H2,(H,14,15)(H,17,18). The maximum Gasteiger partial charge on any atom is 0.328 e. The lowest BCUT2D eigenvalue weighted by molar-refractivity contribution is -0.131. The van der Waals surface area contributed by atoms with Gasteiger partial charge in [0.1, 0.15) is 5.82 Å². The summed E-state index contributed by atoms with van der Waals surface area (Å²) < 4.78 is 26.7. The number of aromatic nitrogens is 2. The number of rotatable bonds is 6. The van der Waals surface area contributed by atoms with Crippen LogP contribution >= 0.6 is 0 Å². The second-order valence-electron chi connectivity index (χ2n) is 4.10. The van der Waals surface area contributed by atoms with Crippen molar-refractivity contribution in [3.63, 3.8) is 0 Å². The molecule has 0 fully saturated rings. The highest BCUT2D eigenvalue weighted by Crippen LogP contribution is 2.13. The topological polar surface area (TPSA) is 112 Å². The van der Waals surface area contributed by atoms with Crippen LogP contribution in [0.3, 0.4) is 0 Å². The number of aliphatic carboxylic acids is 1. The molecule has 0 radical (unpaired) electrons. The number of sulfonamides is 1. The van der Waals surface area contributed by atoms with E-state index in [1.54, 1.807) is 18.3 Å². The fourth-order valence-corrected chi connectivity index (χ4v) is 2.64. The normalized spacial score (nSPS) is 11.8. The van der Waals surface area contributed by atoms with Crippen LogP contribution in [-0.4, -0.2) is 29.5 Å². The number of hydrogen-bond acceptors (Lipinski definition) is 4. The fraction of sp³-hybridized carbons (Fsp3) is 0.0769. The van der Waals surface area contributed by atoms with Crippen LogP contribution in [0.2, 0.25) is 0 Å². The Morgan fingerprint density at radius 2 is 2.24 bits per heavy atom. The van der Waals surface area contributed by atoms with Crippen LogP contribution in [0.4, 0.5) is 0 Å². The molecule has 0 amide bonds. The number of benzene rings is 1. The van der Waals surface area contributed by atoms with Gasteiger partial charge in [0, 0.05) is 18.5 Å². The molecule has 1 heterocycles. The van der Waals surface area contributed by atoms with Gasteiger partial charge < -0.3 is 10.1 Å². The van der Waals surface area contributed by atoms with Crippen LogP contribution in [0.25, 0.3) is 6.08 Å². The Morgan fingerprint density at radius 3 is 2.90 bits per heavy atom. The van der Waals surface area contributed by atoms with Gasteiger partial charge in [0.2, 0.25) is 10.0 Å². The van der Waals surface area contributed by atoms with Gasteiger partial charge in [0.25, 0.3) is 0 Å². The Labute approximate surface area is 121 Å². The number of imidazole rings is 1. The van der Waals surface area contributed by atoms with Gasteiger partial charge in [-0.1, -0.05) is 12.1 Å². The summed E-state index contributed by atoms with van der Waals surface area (Å²) in [7, 11) is -3.69. The molecule has 0 aliphatic rings. The molecule has 1 aromatic carbocycles. The summed E-state index contributed by atoms with van der Waals surface area (Å²) in [5.41, 5.74) is 0.485. The van der Waals surface area contributed by atoms with Gasteiger partial charge >= 0.3 is 5.97 Å². The van der Waals surface area contributed by atoms with E-state index in [4.69, 9.17) is 5.11 Å². The van der Waals surface area contributed by atoms with Gasteiger partial charge in [-0.3, -0.25) is 0 Å². The zero-order valence-electron chi connectivity index (χ0n) is 10.9. The maximum absolute atomic E-state index is 12.1. The number of carboxylic acids is 1. The molecular weight excluding hydrogens is 294 g/mol. The van der Waals surface area contributed by atoms with Crippen LogP contribution in [0.5, 0.6) is 0 Å². The molecule has 8 heteroatoms. The van der Waals surface area contributed by atoms with Crippen molar-refractivity contribution < 1.29 is 18.3 Å². The summed E-state index contributed by atoms with van der Waals surface area (Å²) >= 11 is 0. The van der Waals surface area contributed by atoms with E-state index in [0.717, 1.165) is 6.08 Å². The lowest BCUT2D eigenvalue weighted by atomic mass is 10.2. The van der Waals surface area contributed by atoms with Gasteiger partial charge in [0.05, 0.1) is 11.4 Å². The zero-order chi connectivity index (χ0) is 15.3. The summed E-state index contributed by atoms with van der Waals surface area (Å²) in [4.78, 5) is 17.2. The number of carboxylic acid groups (broad SMARTS) is 1. The average molecular weight is 307 g/mol. The van der Waals surface area contributed by atoms with E-state index in [0.29, 0.717) is 11.4 Å². The Bertz CT molecular complexity index is 751. The summed E-state index contributed by atoms with van der Waals surface area (Å²) in [6, 6.07) is 5.99. The van der Waals surface area contributed by atoms with Crippen molar-refractivity contribution in [1.29, 1.82) is 0 Å². The maximum atomic E-state index is 12.1. The molecular formula is C13H13N3O4S. The summed E-state index contributed by atoms with van der Waals surface area (Å²) in [6.07, 6.45) is 5.40. The van der Waals surface area contributed by atoms with Crippen molar-refractivity contribution in [2.45, 2.75) is 11.4 Å². The predicted molar refractivity (Wildman–Crippen MR) is 75.7 cm³/mol. The molecule has 3 N–H and O–H groups in total. The molecule has 0 aliphatic carbocycles. The van der Waals surface area contributed by atoms with E-state index in [-0.39, 0.29) is 11.4 Å². The Morgan fingerprint density at radius 1 is 1.43 bits per heavy atom. The van der Waals surface area contributed by atoms with E-state index in [1.165, 1.54) is 24.4 Å². The van der Waals surface area contributed by atoms with Crippen molar-refractivity contribution in [1.82, 2.24) is 14.7 Å².